The van der Waals surface area contributed by atoms with Gasteiger partial charge in [-0.05, 0) is 25.0 Å². The van der Waals surface area contributed by atoms with E-state index in [1.165, 1.54) is 26.2 Å². The Morgan fingerprint density at radius 2 is 1.95 bits per heavy atom. The summed E-state index contributed by atoms with van der Waals surface area (Å²) in [6.07, 6.45) is 0. The lowest BCUT2D eigenvalue weighted by Gasteiger charge is -2.19. The van der Waals surface area contributed by atoms with Gasteiger partial charge in [0.2, 0.25) is 10.0 Å². The highest BCUT2D eigenvalue weighted by molar-refractivity contribution is 7.89. The Bertz CT molecular complexity index is 642. The lowest BCUT2D eigenvalue weighted by Crippen LogP contribution is -2.44. The van der Waals surface area contributed by atoms with Crippen LogP contribution in [-0.2, 0) is 14.8 Å². The molecule has 0 aromatic heterocycles. The van der Waals surface area contributed by atoms with Crippen molar-refractivity contribution in [2.45, 2.75) is 31.7 Å². The fourth-order valence-electron chi connectivity index (χ4n) is 1.79. The Hall–Kier alpha value is -1.67. The quantitative estimate of drug-likeness (QED) is 0.829. The van der Waals surface area contributed by atoms with Crippen LogP contribution in [-0.4, -0.2) is 32.6 Å². The van der Waals surface area contributed by atoms with Crippen molar-refractivity contribution in [3.8, 4) is 5.75 Å². The van der Waals surface area contributed by atoms with Crippen molar-refractivity contribution in [3.05, 3.63) is 23.5 Å². The van der Waals surface area contributed by atoms with E-state index in [0.29, 0.717) is 0 Å². The fraction of sp³-hybridized carbons (Fsp3) is 0.462. The van der Waals surface area contributed by atoms with Crippen LogP contribution in [0.4, 0.5) is 4.39 Å². The second-order valence-corrected chi connectivity index (χ2v) is 6.57. The smallest absolute Gasteiger partial charge is 0.322 e. The first kappa shape index (κ1) is 17.4. The van der Waals surface area contributed by atoms with E-state index < -0.39 is 33.8 Å². The van der Waals surface area contributed by atoms with E-state index in [4.69, 9.17) is 9.84 Å². The first-order valence-electron chi connectivity index (χ1n) is 6.20. The third kappa shape index (κ3) is 3.70. The van der Waals surface area contributed by atoms with Gasteiger partial charge in [0.15, 0.2) is 11.6 Å². The number of ether oxygens (including phenoxy) is 1. The van der Waals surface area contributed by atoms with E-state index >= 15 is 0 Å². The molecule has 0 fully saturated rings. The molecule has 0 radical (unpaired) electrons. The summed E-state index contributed by atoms with van der Waals surface area (Å²) in [5, 5.41) is 9.04. The molecule has 2 N–H and O–H groups in total. The highest BCUT2D eigenvalue weighted by Gasteiger charge is 2.29. The number of sulfonamides is 1. The SMILES string of the molecule is COc1ccc(S(=O)(=O)NC(C(=O)O)C(C)C)c(C)c1F. The predicted octanol–water partition coefficient (Wildman–Crippen LogP) is 1.53. The number of halogens is 1. The Kier molecular flexibility index (Phi) is 5.30. The van der Waals surface area contributed by atoms with Crippen LogP contribution in [0.3, 0.4) is 0 Å². The lowest BCUT2D eigenvalue weighted by atomic mass is 10.1. The van der Waals surface area contributed by atoms with Crippen LogP contribution in [0.2, 0.25) is 0 Å². The van der Waals surface area contributed by atoms with Crippen molar-refractivity contribution in [3.63, 3.8) is 0 Å². The van der Waals surface area contributed by atoms with Gasteiger partial charge in [-0.1, -0.05) is 13.8 Å². The number of methoxy groups -OCH3 is 1. The molecule has 0 aliphatic rings. The van der Waals surface area contributed by atoms with Gasteiger partial charge < -0.3 is 9.84 Å². The molecule has 0 bridgehead atoms. The number of carboxylic acids is 1. The predicted molar refractivity (Wildman–Crippen MR) is 74.3 cm³/mol. The van der Waals surface area contributed by atoms with Crippen molar-refractivity contribution in [1.82, 2.24) is 4.72 Å². The van der Waals surface area contributed by atoms with Crippen LogP contribution in [0.15, 0.2) is 17.0 Å². The second kappa shape index (κ2) is 6.40. The van der Waals surface area contributed by atoms with Crippen LogP contribution in [0.5, 0.6) is 5.75 Å². The van der Waals surface area contributed by atoms with Crippen molar-refractivity contribution >= 4 is 16.0 Å². The lowest BCUT2D eigenvalue weighted by molar-refractivity contribution is -0.140. The highest BCUT2D eigenvalue weighted by Crippen LogP contribution is 2.26. The second-order valence-electron chi connectivity index (χ2n) is 4.89. The molecule has 0 heterocycles. The molecule has 1 atom stereocenters. The summed E-state index contributed by atoms with van der Waals surface area (Å²) in [5.41, 5.74) is -0.130. The van der Waals surface area contributed by atoms with Gasteiger partial charge in [0.25, 0.3) is 0 Å². The summed E-state index contributed by atoms with van der Waals surface area (Å²) in [5.74, 6) is -2.62. The van der Waals surface area contributed by atoms with Crippen LogP contribution >= 0.6 is 0 Å². The number of rotatable bonds is 6. The topological polar surface area (TPSA) is 92.7 Å². The molecule has 1 unspecified atom stereocenters. The zero-order chi connectivity index (χ0) is 16.4. The van der Waals surface area contributed by atoms with Gasteiger partial charge in [0.1, 0.15) is 6.04 Å². The Morgan fingerprint density at radius 3 is 2.38 bits per heavy atom. The molecule has 118 valence electrons. The number of nitrogens with one attached hydrogen (secondary N) is 1. The molecule has 0 amide bonds. The molecular weight excluding hydrogens is 301 g/mol. The standard InChI is InChI=1S/C13H18FNO5S/c1-7(2)12(13(16)17)15-21(18,19)10-6-5-9(20-4)11(14)8(10)3/h5-7,12,15H,1-4H3,(H,16,17). The van der Waals surface area contributed by atoms with E-state index in [2.05, 4.69) is 4.72 Å². The molecule has 1 aromatic rings. The fourth-order valence-corrected chi connectivity index (χ4v) is 3.37. The normalized spacial score (nSPS) is 13.2. The molecule has 0 saturated carbocycles. The van der Waals surface area contributed by atoms with Crippen molar-refractivity contribution in [2.24, 2.45) is 5.92 Å². The van der Waals surface area contributed by atoms with E-state index in [1.807, 2.05) is 0 Å². The minimum absolute atomic E-state index is 0.0786. The van der Waals surface area contributed by atoms with Gasteiger partial charge >= 0.3 is 5.97 Å². The molecule has 0 aliphatic heterocycles. The Morgan fingerprint density at radius 1 is 1.38 bits per heavy atom. The summed E-state index contributed by atoms with van der Waals surface area (Å²) in [4.78, 5) is 10.8. The van der Waals surface area contributed by atoms with Gasteiger partial charge in [-0.2, -0.15) is 4.72 Å². The summed E-state index contributed by atoms with van der Waals surface area (Å²) < 4.78 is 45.2. The molecule has 1 rings (SSSR count). The summed E-state index contributed by atoms with van der Waals surface area (Å²) >= 11 is 0. The maximum Gasteiger partial charge on any atom is 0.322 e. The molecule has 0 spiro atoms. The van der Waals surface area contributed by atoms with Gasteiger partial charge in [0, 0.05) is 5.56 Å². The maximum atomic E-state index is 13.9. The molecule has 8 heteroatoms. The number of benzene rings is 1. The number of hydrogen-bond donors (Lipinski definition) is 2. The zero-order valence-electron chi connectivity index (χ0n) is 12.2. The summed E-state index contributed by atoms with van der Waals surface area (Å²) in [7, 11) is -2.89. The molecule has 1 aromatic carbocycles. The largest absolute Gasteiger partial charge is 0.494 e. The first-order chi connectivity index (χ1) is 9.61. The van der Waals surface area contributed by atoms with Crippen LogP contribution in [0.1, 0.15) is 19.4 Å². The van der Waals surface area contributed by atoms with Crippen LogP contribution in [0.25, 0.3) is 0 Å². The maximum absolute atomic E-state index is 13.9. The molecular formula is C13H18FNO5S. The minimum atomic E-state index is -4.15. The average molecular weight is 319 g/mol. The molecule has 0 aliphatic carbocycles. The summed E-state index contributed by atoms with van der Waals surface area (Å²) in [6.45, 7) is 4.43. The molecule has 0 saturated heterocycles. The third-order valence-electron chi connectivity index (χ3n) is 3.03. The van der Waals surface area contributed by atoms with Gasteiger partial charge in [-0.25, -0.2) is 12.8 Å². The number of aliphatic carboxylic acids is 1. The van der Waals surface area contributed by atoms with E-state index in [0.717, 1.165) is 0 Å². The number of carboxylic acid groups (broad SMARTS) is 1. The Labute approximate surface area is 123 Å². The molecule has 21 heavy (non-hydrogen) atoms. The monoisotopic (exact) mass is 319 g/mol. The van der Waals surface area contributed by atoms with Crippen molar-refractivity contribution < 1.29 is 27.4 Å². The first-order valence-corrected chi connectivity index (χ1v) is 7.68. The highest BCUT2D eigenvalue weighted by atomic mass is 32.2. The molecule has 6 nitrogen and oxygen atoms in total. The van der Waals surface area contributed by atoms with Crippen molar-refractivity contribution in [1.29, 1.82) is 0 Å². The average Bonchev–Trinajstić information content (AvgIpc) is 2.38. The third-order valence-corrected chi connectivity index (χ3v) is 4.61. The minimum Gasteiger partial charge on any atom is -0.494 e. The van der Waals surface area contributed by atoms with E-state index in [9.17, 15) is 17.6 Å². The van der Waals surface area contributed by atoms with Crippen LogP contribution in [0, 0.1) is 18.7 Å². The van der Waals surface area contributed by atoms with E-state index in [-0.39, 0.29) is 16.2 Å². The van der Waals surface area contributed by atoms with Gasteiger partial charge in [-0.15, -0.1) is 0 Å². The van der Waals surface area contributed by atoms with E-state index in [1.54, 1.807) is 13.8 Å². The number of hydrogen-bond acceptors (Lipinski definition) is 4. The zero-order valence-corrected chi connectivity index (χ0v) is 13.0. The van der Waals surface area contributed by atoms with Crippen molar-refractivity contribution in [2.75, 3.05) is 7.11 Å². The Balaban J connectivity index is 3.26. The number of carbonyl (C=O) groups is 1. The summed E-state index contributed by atoms with van der Waals surface area (Å²) in [6, 6.07) is 1.07. The van der Waals surface area contributed by atoms with Crippen LogP contribution < -0.4 is 9.46 Å². The van der Waals surface area contributed by atoms with Gasteiger partial charge in [0.05, 0.1) is 12.0 Å². The van der Waals surface area contributed by atoms with Gasteiger partial charge in [-0.3, -0.25) is 4.79 Å².